The first-order chi connectivity index (χ1) is 6.11. The van der Waals surface area contributed by atoms with Gasteiger partial charge in [0, 0.05) is 0 Å². The molecule has 0 saturated carbocycles. The highest BCUT2D eigenvalue weighted by atomic mass is 32.1. The highest BCUT2D eigenvalue weighted by molar-refractivity contribution is 7.78. The Bertz CT molecular complexity index is 171. The molecule has 0 aromatic heterocycles. The van der Waals surface area contributed by atoms with Crippen LogP contribution in [0.4, 0.5) is 0 Å². The van der Waals surface area contributed by atoms with E-state index in [9.17, 15) is 15.3 Å². The number of hydrogen-bond donors (Lipinski definition) is 6. The lowest BCUT2D eigenvalue weighted by Crippen LogP contribution is -2.61. The van der Waals surface area contributed by atoms with Crippen molar-refractivity contribution in [1.29, 1.82) is 0 Å². The Kier molecular flexibility index (Phi) is 3.92. The number of thiol groups is 1. The van der Waals surface area contributed by atoms with Crippen molar-refractivity contribution < 1.29 is 25.2 Å². The van der Waals surface area contributed by atoms with Crippen molar-refractivity contribution in [2.24, 2.45) is 0 Å². The van der Waals surface area contributed by atoms with Gasteiger partial charge in [0.2, 0.25) is 0 Å². The van der Waals surface area contributed by atoms with E-state index in [0.29, 0.717) is 0 Å². The van der Waals surface area contributed by atoms with E-state index >= 15 is 0 Å². The molecule has 0 amide bonds. The van der Waals surface area contributed by atoms with Gasteiger partial charge in [-0.1, -0.05) is 12.8 Å². The van der Waals surface area contributed by atoms with E-state index in [2.05, 4.69) is 17.5 Å². The number of ether oxygens (including phenoxy) is 1. The molecule has 1 rings (SSSR count). The lowest BCUT2D eigenvalue weighted by atomic mass is 9.98. The van der Waals surface area contributed by atoms with E-state index in [4.69, 9.17) is 9.84 Å². The van der Waals surface area contributed by atoms with E-state index in [1.807, 2.05) is 0 Å². The molecule has 1 aliphatic rings. The van der Waals surface area contributed by atoms with Crippen LogP contribution in [0.2, 0.25) is 0 Å². The van der Waals surface area contributed by atoms with Crippen LogP contribution in [0.25, 0.3) is 0 Å². The highest BCUT2D eigenvalue weighted by Gasteiger charge is 2.42. The summed E-state index contributed by atoms with van der Waals surface area (Å²) < 4.78 is 7.11. The van der Waals surface area contributed by atoms with E-state index in [0.717, 1.165) is 0 Å². The lowest BCUT2D eigenvalue weighted by Gasteiger charge is -2.39. The van der Waals surface area contributed by atoms with Crippen molar-refractivity contribution >= 4 is 12.8 Å². The summed E-state index contributed by atoms with van der Waals surface area (Å²) in [4.78, 5) is 0. The monoisotopic (exact) mass is 211 g/mol. The molecule has 0 radical (unpaired) electrons. The predicted octanol–water partition coefficient (Wildman–Crippen LogP) is -2.78. The fourth-order valence-electron chi connectivity index (χ4n) is 1.24. The smallest absolute Gasteiger partial charge is 0.174 e. The molecule has 1 fully saturated rings. The molecule has 0 bridgehead atoms. The van der Waals surface area contributed by atoms with Crippen LogP contribution >= 0.6 is 12.8 Å². The van der Waals surface area contributed by atoms with Gasteiger partial charge in [0.15, 0.2) is 6.29 Å². The van der Waals surface area contributed by atoms with Gasteiger partial charge in [-0.25, -0.2) is 0 Å². The highest BCUT2D eigenvalue weighted by Crippen LogP contribution is 2.19. The third-order valence-corrected chi connectivity index (χ3v) is 2.35. The van der Waals surface area contributed by atoms with Gasteiger partial charge in [0.1, 0.15) is 18.3 Å². The summed E-state index contributed by atoms with van der Waals surface area (Å²) in [5.41, 5.74) is 0. The van der Waals surface area contributed by atoms with Gasteiger partial charge in [-0.3, -0.25) is 4.72 Å². The first-order valence-corrected chi connectivity index (χ1v) is 4.26. The van der Waals surface area contributed by atoms with Gasteiger partial charge >= 0.3 is 0 Å². The predicted molar refractivity (Wildman–Crippen MR) is 45.9 cm³/mol. The Morgan fingerprint density at radius 2 is 1.85 bits per heavy atom. The molecule has 78 valence electrons. The molecular formula is C6H13NO5S. The van der Waals surface area contributed by atoms with Crippen LogP contribution in [0.3, 0.4) is 0 Å². The third-order valence-electron chi connectivity index (χ3n) is 2.05. The number of rotatable bonds is 2. The van der Waals surface area contributed by atoms with Crippen molar-refractivity contribution in [2.75, 3.05) is 6.61 Å². The quantitative estimate of drug-likeness (QED) is 0.276. The molecule has 7 heteroatoms. The number of nitrogens with one attached hydrogen (secondary N) is 1. The SMILES string of the molecule is OC[C@H]1O[C@@H](O)[C@H](NS)[C@@H](O)[C@@H]1O. The zero-order valence-electron chi connectivity index (χ0n) is 6.74. The van der Waals surface area contributed by atoms with Crippen molar-refractivity contribution in [3.8, 4) is 0 Å². The Morgan fingerprint density at radius 3 is 2.31 bits per heavy atom. The minimum absolute atomic E-state index is 0.464. The Labute approximate surface area is 80.7 Å². The van der Waals surface area contributed by atoms with Crippen molar-refractivity contribution in [3.05, 3.63) is 0 Å². The molecule has 5 N–H and O–H groups in total. The van der Waals surface area contributed by atoms with E-state index < -0.39 is 37.3 Å². The molecule has 0 spiro atoms. The van der Waals surface area contributed by atoms with Crippen LogP contribution in [-0.2, 0) is 4.74 Å². The molecule has 0 aliphatic carbocycles. The zero-order chi connectivity index (χ0) is 10.0. The lowest BCUT2D eigenvalue weighted by molar-refractivity contribution is -0.251. The summed E-state index contributed by atoms with van der Waals surface area (Å²) in [5, 5.41) is 36.7. The van der Waals surface area contributed by atoms with Crippen molar-refractivity contribution in [1.82, 2.24) is 4.72 Å². The maximum absolute atomic E-state index is 9.40. The Hall–Kier alpha value is 0.110. The standard InChI is InChI=1S/C6H13NO5S/c8-1-2-4(9)5(10)3(7-13)6(11)12-2/h2-11,13H,1H2/t2-,3-,4-,5-,6-/m1/s1. The van der Waals surface area contributed by atoms with Crippen LogP contribution in [0.1, 0.15) is 0 Å². The summed E-state index contributed by atoms with van der Waals surface area (Å²) in [6.07, 6.45) is -4.73. The molecule has 6 nitrogen and oxygen atoms in total. The van der Waals surface area contributed by atoms with Gasteiger partial charge in [-0.05, 0) is 0 Å². The van der Waals surface area contributed by atoms with E-state index in [-0.39, 0.29) is 0 Å². The maximum atomic E-state index is 9.40. The van der Waals surface area contributed by atoms with E-state index in [1.54, 1.807) is 0 Å². The molecule has 5 atom stereocenters. The summed E-state index contributed by atoms with van der Waals surface area (Å²) in [6, 6.07) is -0.874. The minimum atomic E-state index is -1.30. The first-order valence-electron chi connectivity index (χ1n) is 3.82. The van der Waals surface area contributed by atoms with Crippen LogP contribution in [0.15, 0.2) is 0 Å². The molecule has 0 unspecified atom stereocenters. The second kappa shape index (κ2) is 4.56. The first kappa shape index (κ1) is 11.2. The third kappa shape index (κ3) is 2.13. The summed E-state index contributed by atoms with van der Waals surface area (Å²) >= 11 is 3.66. The molecule has 1 saturated heterocycles. The van der Waals surface area contributed by atoms with Gasteiger partial charge < -0.3 is 25.2 Å². The summed E-state index contributed by atoms with van der Waals surface area (Å²) in [6.45, 7) is -0.464. The van der Waals surface area contributed by atoms with Gasteiger partial charge in [-0.2, -0.15) is 0 Å². The summed E-state index contributed by atoms with van der Waals surface area (Å²) in [7, 11) is 0. The number of aliphatic hydroxyl groups excluding tert-OH is 4. The molecule has 0 aromatic carbocycles. The number of aliphatic hydroxyl groups is 4. The topological polar surface area (TPSA) is 102 Å². The zero-order valence-corrected chi connectivity index (χ0v) is 7.63. The van der Waals surface area contributed by atoms with Crippen LogP contribution < -0.4 is 4.72 Å². The normalized spacial score (nSPS) is 46.4. The van der Waals surface area contributed by atoms with Crippen LogP contribution in [-0.4, -0.2) is 57.7 Å². The second-order valence-electron chi connectivity index (χ2n) is 2.88. The Balaban J connectivity index is 2.66. The molecular weight excluding hydrogens is 198 g/mol. The van der Waals surface area contributed by atoms with Crippen molar-refractivity contribution in [2.45, 2.75) is 30.6 Å². The minimum Gasteiger partial charge on any atom is -0.394 e. The fourth-order valence-corrected chi connectivity index (χ4v) is 1.52. The largest absolute Gasteiger partial charge is 0.394 e. The van der Waals surface area contributed by atoms with Crippen molar-refractivity contribution in [3.63, 3.8) is 0 Å². The maximum Gasteiger partial charge on any atom is 0.174 e. The van der Waals surface area contributed by atoms with E-state index in [1.165, 1.54) is 0 Å². The number of hydrogen-bond acceptors (Lipinski definition) is 7. The molecule has 13 heavy (non-hydrogen) atoms. The van der Waals surface area contributed by atoms with Crippen LogP contribution in [0, 0.1) is 0 Å². The van der Waals surface area contributed by atoms with Gasteiger partial charge in [0.05, 0.1) is 12.6 Å². The summed E-state index contributed by atoms with van der Waals surface area (Å²) in [5.74, 6) is 0. The molecule has 0 aromatic rings. The second-order valence-corrected chi connectivity index (χ2v) is 3.14. The fraction of sp³-hybridized carbons (Fsp3) is 1.00. The Morgan fingerprint density at radius 1 is 1.23 bits per heavy atom. The van der Waals surface area contributed by atoms with Crippen LogP contribution in [0.5, 0.6) is 0 Å². The average Bonchev–Trinajstić information content (AvgIpc) is 2.12. The average molecular weight is 211 g/mol. The molecule has 1 heterocycles. The molecule has 1 aliphatic heterocycles. The van der Waals surface area contributed by atoms with Gasteiger partial charge in [-0.15, -0.1) is 0 Å². The van der Waals surface area contributed by atoms with Gasteiger partial charge in [0.25, 0.3) is 0 Å².